The molecule has 16 heavy (non-hydrogen) atoms. The number of hydrogen-bond acceptors (Lipinski definition) is 3. The van der Waals surface area contributed by atoms with Gasteiger partial charge in [-0.3, -0.25) is 4.79 Å². The molecule has 1 fully saturated rings. The molecule has 1 rings (SSSR count). The lowest BCUT2D eigenvalue weighted by Crippen LogP contribution is -2.49. The summed E-state index contributed by atoms with van der Waals surface area (Å²) >= 11 is 0. The van der Waals surface area contributed by atoms with Crippen LogP contribution >= 0.6 is 0 Å². The number of carbonyl (C=O) groups excluding carboxylic acids is 1. The minimum absolute atomic E-state index is 0.0773. The van der Waals surface area contributed by atoms with Gasteiger partial charge in [0.2, 0.25) is 5.91 Å². The Morgan fingerprint density at radius 3 is 2.38 bits per heavy atom. The predicted octanol–water partition coefficient (Wildman–Crippen LogP) is 0.853. The van der Waals surface area contributed by atoms with Crippen LogP contribution in [0.4, 0.5) is 0 Å². The van der Waals surface area contributed by atoms with Crippen molar-refractivity contribution in [1.82, 2.24) is 4.90 Å². The lowest BCUT2D eigenvalue weighted by Gasteiger charge is -2.37. The second kappa shape index (κ2) is 4.72. The minimum Gasteiger partial charge on any atom is -0.379 e. The summed E-state index contributed by atoms with van der Waals surface area (Å²) in [6, 6.07) is 0.0370. The van der Waals surface area contributed by atoms with Crippen molar-refractivity contribution in [2.75, 3.05) is 20.3 Å². The summed E-state index contributed by atoms with van der Waals surface area (Å²) in [7, 11) is 1.85. The molecule has 0 aromatic carbocycles. The van der Waals surface area contributed by atoms with Crippen molar-refractivity contribution >= 4 is 5.91 Å². The molecule has 1 aliphatic heterocycles. The zero-order valence-electron chi connectivity index (χ0n) is 11.0. The largest absolute Gasteiger partial charge is 0.379 e. The maximum Gasteiger partial charge on any atom is 0.229 e. The molecule has 4 heteroatoms. The van der Waals surface area contributed by atoms with E-state index in [1.54, 1.807) is 4.90 Å². The quantitative estimate of drug-likeness (QED) is 0.762. The first-order valence-corrected chi connectivity index (χ1v) is 5.85. The van der Waals surface area contributed by atoms with Crippen LogP contribution in [0.15, 0.2) is 0 Å². The van der Waals surface area contributed by atoms with E-state index < -0.39 is 0 Å². The van der Waals surface area contributed by atoms with Gasteiger partial charge >= 0.3 is 0 Å². The summed E-state index contributed by atoms with van der Waals surface area (Å²) in [4.78, 5) is 14.0. The van der Waals surface area contributed by atoms with Crippen molar-refractivity contribution in [1.29, 1.82) is 0 Å². The Labute approximate surface area is 98.1 Å². The SMILES string of the molecule is CC(N(C)C(=O)C1COCC1N)C(C)(C)C. The summed E-state index contributed by atoms with van der Waals surface area (Å²) in [5, 5.41) is 0. The molecule has 0 radical (unpaired) electrons. The first-order chi connectivity index (χ1) is 7.25. The van der Waals surface area contributed by atoms with Crippen molar-refractivity contribution < 1.29 is 9.53 Å². The fourth-order valence-electron chi connectivity index (χ4n) is 1.86. The zero-order chi connectivity index (χ0) is 12.5. The highest BCUT2D eigenvalue weighted by atomic mass is 16.5. The first kappa shape index (κ1) is 13.5. The number of nitrogens with two attached hydrogens (primary N) is 1. The number of nitrogens with zero attached hydrogens (tertiary/aromatic N) is 1. The Hall–Kier alpha value is -0.610. The molecular formula is C12H24N2O2. The maximum atomic E-state index is 12.2. The number of rotatable bonds is 2. The average molecular weight is 228 g/mol. The molecule has 1 heterocycles. The fraction of sp³-hybridized carbons (Fsp3) is 0.917. The zero-order valence-corrected chi connectivity index (χ0v) is 11.0. The Bertz CT molecular complexity index is 260. The number of ether oxygens (including phenoxy) is 1. The summed E-state index contributed by atoms with van der Waals surface area (Å²) in [6.45, 7) is 9.42. The van der Waals surface area contributed by atoms with E-state index in [1.165, 1.54) is 0 Å². The van der Waals surface area contributed by atoms with E-state index in [2.05, 4.69) is 27.7 Å². The van der Waals surface area contributed by atoms with Crippen LogP contribution in [0.3, 0.4) is 0 Å². The van der Waals surface area contributed by atoms with Crippen molar-refractivity contribution in [2.45, 2.75) is 39.8 Å². The van der Waals surface area contributed by atoms with Crippen molar-refractivity contribution in [3.8, 4) is 0 Å². The third-order valence-corrected chi connectivity index (χ3v) is 3.62. The van der Waals surface area contributed by atoms with Crippen LogP contribution in [0.25, 0.3) is 0 Å². The van der Waals surface area contributed by atoms with Crippen LogP contribution in [-0.4, -0.2) is 43.2 Å². The van der Waals surface area contributed by atoms with Gasteiger partial charge in [0.05, 0.1) is 19.1 Å². The second-order valence-corrected chi connectivity index (χ2v) is 5.80. The van der Waals surface area contributed by atoms with E-state index >= 15 is 0 Å². The van der Waals surface area contributed by atoms with Crippen LogP contribution in [0, 0.1) is 11.3 Å². The molecule has 0 spiro atoms. The molecule has 0 aliphatic carbocycles. The molecule has 1 amide bonds. The molecule has 0 aromatic heterocycles. The van der Waals surface area contributed by atoms with Gasteiger partial charge in [-0.25, -0.2) is 0 Å². The van der Waals surface area contributed by atoms with Gasteiger partial charge in [-0.2, -0.15) is 0 Å². The summed E-state index contributed by atoms with van der Waals surface area (Å²) in [5.74, 6) is -0.0674. The van der Waals surface area contributed by atoms with Gasteiger partial charge in [0.1, 0.15) is 0 Å². The molecule has 0 bridgehead atoms. The molecule has 0 saturated carbocycles. The Kier molecular flexibility index (Phi) is 3.97. The van der Waals surface area contributed by atoms with Crippen LogP contribution < -0.4 is 5.73 Å². The molecule has 1 aliphatic rings. The monoisotopic (exact) mass is 228 g/mol. The van der Waals surface area contributed by atoms with Gasteiger partial charge in [-0.05, 0) is 12.3 Å². The molecule has 3 unspecified atom stereocenters. The van der Waals surface area contributed by atoms with Gasteiger partial charge in [-0.1, -0.05) is 20.8 Å². The average Bonchev–Trinajstić information content (AvgIpc) is 2.59. The molecule has 1 saturated heterocycles. The van der Waals surface area contributed by atoms with E-state index in [4.69, 9.17) is 10.5 Å². The molecule has 0 aromatic rings. The van der Waals surface area contributed by atoms with E-state index in [-0.39, 0.29) is 29.3 Å². The van der Waals surface area contributed by atoms with E-state index in [0.29, 0.717) is 13.2 Å². The second-order valence-electron chi connectivity index (χ2n) is 5.80. The van der Waals surface area contributed by atoms with E-state index in [9.17, 15) is 4.79 Å². The summed E-state index contributed by atoms with van der Waals surface area (Å²) < 4.78 is 5.23. The summed E-state index contributed by atoms with van der Waals surface area (Å²) in [5.41, 5.74) is 5.93. The fourth-order valence-corrected chi connectivity index (χ4v) is 1.86. The molecular weight excluding hydrogens is 204 g/mol. The molecule has 94 valence electrons. The van der Waals surface area contributed by atoms with Crippen LogP contribution in [0.2, 0.25) is 0 Å². The normalized spacial score (nSPS) is 27.9. The third kappa shape index (κ3) is 2.74. The van der Waals surface area contributed by atoms with Crippen molar-refractivity contribution in [2.24, 2.45) is 17.1 Å². The minimum atomic E-state index is -0.171. The van der Waals surface area contributed by atoms with Gasteiger partial charge in [0, 0.05) is 19.1 Å². The molecule has 2 N–H and O–H groups in total. The Morgan fingerprint density at radius 1 is 1.44 bits per heavy atom. The van der Waals surface area contributed by atoms with Crippen LogP contribution in [0.5, 0.6) is 0 Å². The topological polar surface area (TPSA) is 55.6 Å². The highest BCUT2D eigenvalue weighted by Crippen LogP contribution is 2.25. The lowest BCUT2D eigenvalue weighted by atomic mass is 9.86. The first-order valence-electron chi connectivity index (χ1n) is 5.85. The predicted molar refractivity (Wildman–Crippen MR) is 64.0 cm³/mol. The maximum absolute atomic E-state index is 12.2. The Morgan fingerprint density at radius 2 is 2.00 bits per heavy atom. The summed E-state index contributed by atoms with van der Waals surface area (Å²) in [6.07, 6.45) is 0. The number of carbonyl (C=O) groups is 1. The lowest BCUT2D eigenvalue weighted by molar-refractivity contribution is -0.138. The van der Waals surface area contributed by atoms with E-state index in [1.807, 2.05) is 7.05 Å². The van der Waals surface area contributed by atoms with Crippen LogP contribution in [0.1, 0.15) is 27.7 Å². The van der Waals surface area contributed by atoms with Crippen molar-refractivity contribution in [3.63, 3.8) is 0 Å². The number of hydrogen-bond donors (Lipinski definition) is 1. The van der Waals surface area contributed by atoms with Gasteiger partial charge in [0.15, 0.2) is 0 Å². The van der Waals surface area contributed by atoms with Crippen molar-refractivity contribution in [3.05, 3.63) is 0 Å². The van der Waals surface area contributed by atoms with Gasteiger partial charge < -0.3 is 15.4 Å². The highest BCUT2D eigenvalue weighted by Gasteiger charge is 2.36. The standard InChI is InChI=1S/C12H24N2O2/c1-8(12(2,3)4)14(5)11(15)9-6-16-7-10(9)13/h8-10H,6-7,13H2,1-5H3. The number of amides is 1. The molecule has 4 nitrogen and oxygen atoms in total. The smallest absolute Gasteiger partial charge is 0.229 e. The van der Waals surface area contributed by atoms with Gasteiger partial charge in [0.25, 0.3) is 0 Å². The third-order valence-electron chi connectivity index (χ3n) is 3.62. The van der Waals surface area contributed by atoms with Gasteiger partial charge in [-0.15, -0.1) is 0 Å². The Balaban J connectivity index is 2.67. The van der Waals surface area contributed by atoms with E-state index in [0.717, 1.165) is 0 Å². The van der Waals surface area contributed by atoms with Crippen LogP contribution in [-0.2, 0) is 9.53 Å². The highest BCUT2D eigenvalue weighted by molar-refractivity contribution is 5.80. The molecule has 3 atom stereocenters.